The van der Waals surface area contributed by atoms with Gasteiger partial charge in [0.2, 0.25) is 5.75 Å². The normalized spacial score (nSPS) is 10.9. The number of methoxy groups -OCH3 is 3. The van der Waals surface area contributed by atoms with Crippen LogP contribution in [0, 0.1) is 6.92 Å². The fourth-order valence-electron chi connectivity index (χ4n) is 3.32. The van der Waals surface area contributed by atoms with Gasteiger partial charge in [0.25, 0.3) is 0 Å². The van der Waals surface area contributed by atoms with Gasteiger partial charge in [0.1, 0.15) is 17.9 Å². The summed E-state index contributed by atoms with van der Waals surface area (Å²) in [5.74, 6) is 1.27. The Morgan fingerprint density at radius 2 is 1.72 bits per heavy atom. The van der Waals surface area contributed by atoms with Crippen LogP contribution in [0.15, 0.2) is 58.3 Å². The van der Waals surface area contributed by atoms with Crippen LogP contribution in [0.25, 0.3) is 17.0 Å². The molecule has 0 aliphatic carbocycles. The summed E-state index contributed by atoms with van der Waals surface area (Å²) < 4.78 is 27.1. The predicted molar refractivity (Wildman–Crippen MR) is 122 cm³/mol. The van der Waals surface area contributed by atoms with Crippen LogP contribution < -0.4 is 24.6 Å². The zero-order valence-corrected chi connectivity index (χ0v) is 18.4. The quantitative estimate of drug-likeness (QED) is 0.210. The molecule has 166 valence electrons. The summed E-state index contributed by atoms with van der Waals surface area (Å²) in [5, 5.41) is 0.653. The minimum absolute atomic E-state index is 0.161. The summed E-state index contributed by atoms with van der Waals surface area (Å²) in [6.45, 7) is 5.61. The summed E-state index contributed by atoms with van der Waals surface area (Å²) in [5.41, 5.74) is 1.15. The molecule has 3 rings (SSSR count). The van der Waals surface area contributed by atoms with Crippen molar-refractivity contribution in [1.82, 2.24) is 0 Å². The number of fused-ring (bicyclic) bond motifs is 1. The van der Waals surface area contributed by atoms with Gasteiger partial charge in [-0.1, -0.05) is 18.7 Å². The Bertz CT molecular complexity index is 1230. The fourth-order valence-corrected chi connectivity index (χ4v) is 3.32. The molecule has 0 radical (unpaired) electrons. The zero-order valence-electron chi connectivity index (χ0n) is 18.4. The number of hydrogen-bond donors (Lipinski definition) is 0. The first kappa shape index (κ1) is 22.7. The van der Waals surface area contributed by atoms with Crippen molar-refractivity contribution in [3.05, 3.63) is 76.2 Å². The molecular weight excluding hydrogens is 412 g/mol. The van der Waals surface area contributed by atoms with Crippen molar-refractivity contribution in [2.75, 3.05) is 27.9 Å². The van der Waals surface area contributed by atoms with Crippen molar-refractivity contribution in [2.45, 2.75) is 6.92 Å². The standard InChI is InChI=1S/C25H24O7/c1-6-11-31-19-10-8-17-15(2)12-22(27)32-24(17)23(19)18(26)9-7-16-13-20(28-3)25(30-5)21(14-16)29-4/h6-10,12-14H,1,11H2,2-5H3/b9-7+. The molecule has 2 aromatic carbocycles. The topological polar surface area (TPSA) is 84.2 Å². The van der Waals surface area contributed by atoms with Crippen molar-refractivity contribution < 1.29 is 28.2 Å². The van der Waals surface area contributed by atoms with Gasteiger partial charge in [0.05, 0.1) is 21.3 Å². The number of carbonyl (C=O) groups excluding carboxylic acids is 1. The smallest absolute Gasteiger partial charge is 0.336 e. The van der Waals surface area contributed by atoms with Gasteiger partial charge in [-0.05, 0) is 48.4 Å². The molecule has 0 aliphatic rings. The Labute approximate surface area is 185 Å². The number of carbonyl (C=O) groups is 1. The van der Waals surface area contributed by atoms with Crippen LogP contribution in [-0.4, -0.2) is 33.7 Å². The second kappa shape index (κ2) is 9.87. The molecule has 3 aromatic rings. The van der Waals surface area contributed by atoms with Gasteiger partial charge in [-0.2, -0.15) is 0 Å². The van der Waals surface area contributed by atoms with E-state index in [1.165, 1.54) is 33.5 Å². The molecule has 1 aromatic heterocycles. The third-order valence-corrected chi connectivity index (χ3v) is 4.80. The molecule has 7 nitrogen and oxygen atoms in total. The van der Waals surface area contributed by atoms with Gasteiger partial charge in [-0.25, -0.2) is 4.79 Å². The molecule has 7 heteroatoms. The van der Waals surface area contributed by atoms with E-state index in [4.69, 9.17) is 23.4 Å². The molecule has 0 amide bonds. The van der Waals surface area contributed by atoms with Crippen LogP contribution in [0.1, 0.15) is 21.5 Å². The predicted octanol–water partition coefficient (Wildman–Crippen LogP) is 4.59. The van der Waals surface area contributed by atoms with Gasteiger partial charge in [0, 0.05) is 11.5 Å². The Morgan fingerprint density at radius 3 is 2.31 bits per heavy atom. The SMILES string of the molecule is C=CCOc1ccc2c(C)cc(=O)oc2c1C(=O)/C=C/c1cc(OC)c(OC)c(OC)c1. The first-order valence-corrected chi connectivity index (χ1v) is 9.77. The van der Waals surface area contributed by atoms with Crippen molar-refractivity contribution >= 4 is 22.8 Å². The number of rotatable bonds is 9. The highest BCUT2D eigenvalue weighted by Gasteiger charge is 2.19. The number of benzene rings is 2. The van der Waals surface area contributed by atoms with E-state index < -0.39 is 11.4 Å². The Hall–Kier alpha value is -4.00. The zero-order chi connectivity index (χ0) is 23.3. The number of allylic oxidation sites excluding steroid dienone is 1. The third-order valence-electron chi connectivity index (χ3n) is 4.80. The largest absolute Gasteiger partial charge is 0.493 e. The third kappa shape index (κ3) is 4.51. The maximum absolute atomic E-state index is 13.2. The summed E-state index contributed by atoms with van der Waals surface area (Å²) in [4.78, 5) is 25.2. The average molecular weight is 436 g/mol. The molecule has 1 heterocycles. The highest BCUT2D eigenvalue weighted by atomic mass is 16.5. The van der Waals surface area contributed by atoms with Crippen LogP contribution >= 0.6 is 0 Å². The minimum Gasteiger partial charge on any atom is -0.493 e. The average Bonchev–Trinajstić information content (AvgIpc) is 2.79. The summed E-state index contributed by atoms with van der Waals surface area (Å²) in [7, 11) is 4.54. The summed E-state index contributed by atoms with van der Waals surface area (Å²) in [6, 6.07) is 8.25. The molecule has 32 heavy (non-hydrogen) atoms. The molecule has 0 aliphatic heterocycles. The number of ether oxygens (including phenoxy) is 4. The monoisotopic (exact) mass is 436 g/mol. The molecule has 0 bridgehead atoms. The summed E-state index contributed by atoms with van der Waals surface area (Å²) >= 11 is 0. The summed E-state index contributed by atoms with van der Waals surface area (Å²) in [6.07, 6.45) is 4.55. The van der Waals surface area contributed by atoms with Crippen LogP contribution in [0.4, 0.5) is 0 Å². The van der Waals surface area contributed by atoms with E-state index in [1.54, 1.807) is 43.3 Å². The lowest BCUT2D eigenvalue weighted by Gasteiger charge is -2.13. The molecule has 0 saturated carbocycles. The van der Waals surface area contributed by atoms with Gasteiger partial charge in [-0.3, -0.25) is 4.79 Å². The van der Waals surface area contributed by atoms with Crippen LogP contribution in [0.3, 0.4) is 0 Å². The van der Waals surface area contributed by atoms with E-state index in [-0.39, 0.29) is 17.8 Å². The number of hydrogen-bond acceptors (Lipinski definition) is 7. The number of ketones is 1. The Morgan fingerprint density at radius 1 is 1.03 bits per heavy atom. The van der Waals surface area contributed by atoms with E-state index in [2.05, 4.69) is 6.58 Å². The van der Waals surface area contributed by atoms with E-state index in [1.807, 2.05) is 0 Å². The Kier molecular flexibility index (Phi) is 7.00. The highest BCUT2D eigenvalue weighted by Crippen LogP contribution is 2.38. The highest BCUT2D eigenvalue weighted by molar-refractivity contribution is 6.15. The Balaban J connectivity index is 2.11. The van der Waals surface area contributed by atoms with E-state index in [0.29, 0.717) is 39.5 Å². The van der Waals surface area contributed by atoms with Crippen LogP contribution in [0.5, 0.6) is 23.0 Å². The molecule has 0 fully saturated rings. The second-order valence-corrected chi connectivity index (χ2v) is 6.82. The molecular formula is C25H24O7. The molecule has 0 N–H and O–H groups in total. The minimum atomic E-state index is -0.543. The van der Waals surface area contributed by atoms with Gasteiger partial charge < -0.3 is 23.4 Å². The van der Waals surface area contributed by atoms with Crippen molar-refractivity contribution in [3.63, 3.8) is 0 Å². The first-order chi connectivity index (χ1) is 15.4. The molecule has 0 saturated heterocycles. The second-order valence-electron chi connectivity index (χ2n) is 6.82. The lowest BCUT2D eigenvalue weighted by molar-refractivity contribution is 0.104. The van der Waals surface area contributed by atoms with Crippen molar-refractivity contribution in [2.24, 2.45) is 0 Å². The van der Waals surface area contributed by atoms with Gasteiger partial charge >= 0.3 is 5.63 Å². The molecule has 0 atom stereocenters. The van der Waals surface area contributed by atoms with E-state index in [9.17, 15) is 9.59 Å². The lowest BCUT2D eigenvalue weighted by atomic mass is 10.0. The maximum Gasteiger partial charge on any atom is 0.336 e. The van der Waals surface area contributed by atoms with Gasteiger partial charge in [-0.15, -0.1) is 0 Å². The van der Waals surface area contributed by atoms with E-state index >= 15 is 0 Å². The van der Waals surface area contributed by atoms with E-state index in [0.717, 1.165) is 0 Å². The molecule has 0 unspecified atom stereocenters. The number of aryl methyl sites for hydroxylation is 1. The van der Waals surface area contributed by atoms with Crippen LogP contribution in [-0.2, 0) is 0 Å². The van der Waals surface area contributed by atoms with Crippen LogP contribution in [0.2, 0.25) is 0 Å². The molecule has 0 spiro atoms. The van der Waals surface area contributed by atoms with Gasteiger partial charge in [0.15, 0.2) is 22.9 Å². The lowest BCUT2D eigenvalue weighted by Crippen LogP contribution is -2.06. The first-order valence-electron chi connectivity index (χ1n) is 9.77. The maximum atomic E-state index is 13.2. The van der Waals surface area contributed by atoms with Crippen molar-refractivity contribution in [1.29, 1.82) is 0 Å². The van der Waals surface area contributed by atoms with Crippen molar-refractivity contribution in [3.8, 4) is 23.0 Å². The fraction of sp³-hybridized carbons (Fsp3) is 0.200.